The number of nitrogens with zero attached hydrogens (tertiary/aromatic N) is 2. The summed E-state index contributed by atoms with van der Waals surface area (Å²) in [5.41, 5.74) is 0.285. The summed E-state index contributed by atoms with van der Waals surface area (Å²) in [4.78, 5) is 34.5. The fourth-order valence-electron chi connectivity index (χ4n) is 1.91. The van der Waals surface area contributed by atoms with Crippen LogP contribution in [0.25, 0.3) is 0 Å². The lowest BCUT2D eigenvalue weighted by atomic mass is 10.2. The Bertz CT molecular complexity index is 707. The molecule has 21 heavy (non-hydrogen) atoms. The van der Waals surface area contributed by atoms with E-state index in [1.807, 2.05) is 30.3 Å². The summed E-state index contributed by atoms with van der Waals surface area (Å²) in [5, 5.41) is 2.72. The van der Waals surface area contributed by atoms with E-state index in [1.165, 1.54) is 10.8 Å². The van der Waals surface area contributed by atoms with Gasteiger partial charge in [-0.3, -0.25) is 4.79 Å². The average molecular weight is 286 g/mol. The highest BCUT2D eigenvalue weighted by Crippen LogP contribution is 2.17. The van der Waals surface area contributed by atoms with Gasteiger partial charge < -0.3 is 9.30 Å². The monoisotopic (exact) mass is 286 g/mol. The maximum absolute atomic E-state index is 11.9. The van der Waals surface area contributed by atoms with Crippen molar-refractivity contribution in [3.8, 4) is 0 Å². The Kier molecular flexibility index (Phi) is 4.61. The predicted octanol–water partition coefficient (Wildman–Crippen LogP) is 2.47. The molecule has 0 aliphatic heterocycles. The van der Waals surface area contributed by atoms with Gasteiger partial charge in [0.2, 0.25) is 0 Å². The van der Waals surface area contributed by atoms with Crippen LogP contribution in [0.3, 0.4) is 0 Å². The normalized spacial score (nSPS) is 10.1. The topological polar surface area (TPSA) is 77.7 Å². The van der Waals surface area contributed by atoms with Crippen LogP contribution >= 0.6 is 0 Å². The zero-order valence-electron chi connectivity index (χ0n) is 11.5. The summed E-state index contributed by atoms with van der Waals surface area (Å²) in [6.45, 7) is 2.13. The largest absolute Gasteiger partial charge is 0.462 e. The number of benzene rings is 1. The predicted molar refractivity (Wildman–Crippen MR) is 77.7 cm³/mol. The lowest BCUT2D eigenvalue weighted by Gasteiger charge is -2.09. The molecule has 6 nitrogen and oxygen atoms in total. The lowest BCUT2D eigenvalue weighted by molar-refractivity contribution is 0.0526. The number of carbonyl (C=O) groups is 1. The molecule has 0 N–H and O–H groups in total. The van der Waals surface area contributed by atoms with Crippen LogP contribution in [0.4, 0.5) is 5.69 Å². The Morgan fingerprint density at radius 3 is 2.62 bits per heavy atom. The summed E-state index contributed by atoms with van der Waals surface area (Å²) in [7, 11) is 0. The first-order valence-corrected chi connectivity index (χ1v) is 6.44. The van der Waals surface area contributed by atoms with Gasteiger partial charge in [-0.2, -0.15) is 0 Å². The molecule has 0 unspecified atom stereocenters. The Balaban J connectivity index is 2.42. The van der Waals surface area contributed by atoms with Gasteiger partial charge in [0.1, 0.15) is 11.3 Å². The van der Waals surface area contributed by atoms with Crippen LogP contribution in [0.5, 0.6) is 0 Å². The van der Waals surface area contributed by atoms with Crippen molar-refractivity contribution < 1.29 is 9.53 Å². The highest BCUT2D eigenvalue weighted by molar-refractivity contribution is 5.94. The maximum atomic E-state index is 11.9. The number of carbonyl (C=O) groups excluding carboxylic acids is 1. The standard InChI is InChI=1S/C15H14N2O4/c1-2-21-15(19)12-10-17(14(18)8-13(12)16-20)9-11-6-4-3-5-7-11/h3-8,10H,2,9H2,1H3. The molecule has 0 radical (unpaired) electrons. The molecule has 0 saturated carbocycles. The first-order chi connectivity index (χ1) is 10.2. The third-order valence-corrected chi connectivity index (χ3v) is 2.89. The van der Waals surface area contributed by atoms with E-state index >= 15 is 0 Å². The summed E-state index contributed by atoms with van der Waals surface area (Å²) >= 11 is 0. The van der Waals surface area contributed by atoms with Crippen LogP contribution in [0.1, 0.15) is 22.8 Å². The van der Waals surface area contributed by atoms with Gasteiger partial charge in [0.05, 0.1) is 13.2 Å². The van der Waals surface area contributed by atoms with Crippen molar-refractivity contribution in [1.82, 2.24) is 4.57 Å². The highest BCUT2D eigenvalue weighted by atomic mass is 16.5. The van der Waals surface area contributed by atoms with Crippen molar-refractivity contribution in [3.05, 3.63) is 69.0 Å². The van der Waals surface area contributed by atoms with Gasteiger partial charge in [0.15, 0.2) is 0 Å². The first kappa shape index (κ1) is 14.6. The summed E-state index contributed by atoms with van der Waals surface area (Å²) < 4.78 is 6.21. The number of ether oxygens (including phenoxy) is 1. The Hall–Kier alpha value is -2.76. The second-order valence-electron chi connectivity index (χ2n) is 4.34. The van der Waals surface area contributed by atoms with Crippen LogP contribution in [0.15, 0.2) is 52.6 Å². The van der Waals surface area contributed by atoms with E-state index in [-0.39, 0.29) is 17.9 Å². The molecule has 108 valence electrons. The van der Waals surface area contributed by atoms with Crippen molar-refractivity contribution in [2.45, 2.75) is 13.5 Å². The van der Waals surface area contributed by atoms with Crippen LogP contribution < -0.4 is 5.56 Å². The maximum Gasteiger partial charge on any atom is 0.341 e. The Morgan fingerprint density at radius 2 is 2.00 bits per heavy atom. The van der Waals surface area contributed by atoms with Crippen LogP contribution in [-0.4, -0.2) is 17.1 Å². The number of esters is 1. The number of rotatable bonds is 5. The molecule has 0 fully saturated rings. The minimum absolute atomic E-state index is 0.0117. The smallest absolute Gasteiger partial charge is 0.341 e. The van der Waals surface area contributed by atoms with Gasteiger partial charge in [-0.05, 0) is 17.7 Å². The molecule has 1 aromatic heterocycles. The van der Waals surface area contributed by atoms with Crippen molar-refractivity contribution in [3.63, 3.8) is 0 Å². The molecule has 0 bridgehead atoms. The third kappa shape index (κ3) is 3.42. The molecule has 1 aromatic carbocycles. The third-order valence-electron chi connectivity index (χ3n) is 2.89. The van der Waals surface area contributed by atoms with Crippen LogP contribution in [-0.2, 0) is 11.3 Å². The molecule has 0 spiro atoms. The second kappa shape index (κ2) is 6.60. The van der Waals surface area contributed by atoms with Gasteiger partial charge in [0, 0.05) is 12.3 Å². The number of hydrogen-bond acceptors (Lipinski definition) is 5. The van der Waals surface area contributed by atoms with Gasteiger partial charge >= 0.3 is 5.97 Å². The quantitative estimate of drug-likeness (QED) is 0.625. The molecule has 6 heteroatoms. The second-order valence-corrected chi connectivity index (χ2v) is 4.34. The number of pyridine rings is 1. The minimum atomic E-state index is -0.672. The zero-order valence-corrected chi connectivity index (χ0v) is 11.5. The number of hydrogen-bond donors (Lipinski definition) is 0. The van der Waals surface area contributed by atoms with E-state index in [0.29, 0.717) is 6.54 Å². The molecule has 0 atom stereocenters. The van der Waals surface area contributed by atoms with Crippen molar-refractivity contribution in [2.75, 3.05) is 6.61 Å². The highest BCUT2D eigenvalue weighted by Gasteiger charge is 2.16. The van der Waals surface area contributed by atoms with Crippen molar-refractivity contribution in [2.24, 2.45) is 5.18 Å². The average Bonchev–Trinajstić information content (AvgIpc) is 2.50. The van der Waals surface area contributed by atoms with Crippen LogP contribution in [0.2, 0.25) is 0 Å². The van der Waals surface area contributed by atoms with E-state index in [9.17, 15) is 14.5 Å². The molecular formula is C15H14N2O4. The molecule has 2 aromatic rings. The Morgan fingerprint density at radius 1 is 1.29 bits per heavy atom. The minimum Gasteiger partial charge on any atom is -0.462 e. The SMILES string of the molecule is CCOC(=O)c1cn(Cc2ccccc2)c(=O)cc1N=O. The molecule has 1 heterocycles. The van der Waals surface area contributed by atoms with Gasteiger partial charge in [0.25, 0.3) is 5.56 Å². The molecule has 0 aliphatic carbocycles. The zero-order chi connectivity index (χ0) is 15.2. The Labute approximate surface area is 121 Å². The van der Waals surface area contributed by atoms with Gasteiger partial charge in [-0.25, -0.2) is 4.79 Å². The number of nitroso groups, excluding NO2 is 1. The number of aromatic nitrogens is 1. The van der Waals surface area contributed by atoms with Crippen molar-refractivity contribution in [1.29, 1.82) is 0 Å². The molecule has 2 rings (SSSR count). The molecule has 0 amide bonds. The van der Waals surface area contributed by atoms with Crippen molar-refractivity contribution >= 4 is 11.7 Å². The summed E-state index contributed by atoms with van der Waals surface area (Å²) in [6, 6.07) is 10.4. The van der Waals surface area contributed by atoms with E-state index in [4.69, 9.17) is 4.74 Å². The van der Waals surface area contributed by atoms with Gasteiger partial charge in [-0.1, -0.05) is 30.3 Å². The fraction of sp³-hybridized carbons (Fsp3) is 0.200. The summed E-state index contributed by atoms with van der Waals surface area (Å²) in [5.74, 6) is -0.672. The van der Waals surface area contributed by atoms with E-state index in [1.54, 1.807) is 6.92 Å². The summed E-state index contributed by atoms with van der Waals surface area (Å²) in [6.07, 6.45) is 1.31. The fourth-order valence-corrected chi connectivity index (χ4v) is 1.91. The lowest BCUT2D eigenvalue weighted by Crippen LogP contribution is -2.21. The van der Waals surface area contributed by atoms with Gasteiger partial charge in [-0.15, -0.1) is 4.91 Å². The molecule has 0 saturated heterocycles. The van der Waals surface area contributed by atoms with Crippen LogP contribution in [0, 0.1) is 4.91 Å². The van der Waals surface area contributed by atoms with E-state index in [2.05, 4.69) is 5.18 Å². The molecular weight excluding hydrogens is 272 g/mol. The molecule has 0 aliphatic rings. The van der Waals surface area contributed by atoms with E-state index in [0.717, 1.165) is 11.6 Å². The van der Waals surface area contributed by atoms with E-state index < -0.39 is 11.5 Å². The first-order valence-electron chi connectivity index (χ1n) is 6.44.